The average Bonchev–Trinajstić information content (AvgIpc) is 2.78. The highest BCUT2D eigenvalue weighted by atomic mass is 16.6. The summed E-state index contributed by atoms with van der Waals surface area (Å²) in [6.45, 7) is 10.7. The summed E-state index contributed by atoms with van der Waals surface area (Å²) >= 11 is 0. The predicted octanol–water partition coefficient (Wildman–Crippen LogP) is 3.17. The number of alkyl carbamates (subject to hydrolysis) is 1. The topological polar surface area (TPSA) is 73.8 Å². The molecule has 2 bridgehead atoms. The van der Waals surface area contributed by atoms with Crippen LogP contribution in [0, 0.1) is 5.41 Å². The molecule has 6 heteroatoms. The minimum atomic E-state index is -0.461. The van der Waals surface area contributed by atoms with Gasteiger partial charge < -0.3 is 25.4 Å². The standard InChI is InChI=1S/C24H37N3O3/c1-22(2,3)30-21(29)26-11-7-6-10-25-19-20-24(15-27(20)5)13-16-8-9-17(28)12-18(16)23(19,4)14-24/h8-9,12,19-20,25,28H,6-7,10-11,13-15H2,1-5H3,(H,26,29)/t19-,20?,23+,24?/m0/s1. The number of nitrogens with zero attached hydrogens (tertiary/aromatic N) is 1. The van der Waals surface area contributed by atoms with Gasteiger partial charge in [-0.2, -0.15) is 0 Å². The minimum absolute atomic E-state index is 0.0382. The van der Waals surface area contributed by atoms with Crippen LogP contribution in [0.4, 0.5) is 4.79 Å². The van der Waals surface area contributed by atoms with E-state index in [9.17, 15) is 9.90 Å². The highest BCUT2D eigenvalue weighted by Crippen LogP contribution is 2.63. The number of benzene rings is 1. The zero-order valence-electron chi connectivity index (χ0n) is 19.0. The molecule has 2 unspecified atom stereocenters. The lowest BCUT2D eigenvalue weighted by Gasteiger charge is -2.55. The summed E-state index contributed by atoms with van der Waals surface area (Å²) in [5, 5.41) is 16.8. The van der Waals surface area contributed by atoms with Crippen LogP contribution in [0.1, 0.15) is 58.1 Å². The molecule has 1 amide bonds. The molecule has 3 N–H and O–H groups in total. The third-order valence-corrected chi connectivity index (χ3v) is 7.28. The van der Waals surface area contributed by atoms with Crippen molar-refractivity contribution in [1.82, 2.24) is 15.5 Å². The molecule has 1 spiro atoms. The number of unbranched alkanes of at least 4 members (excludes halogenated alkanes) is 1. The molecule has 2 aliphatic carbocycles. The van der Waals surface area contributed by atoms with Gasteiger partial charge >= 0.3 is 6.09 Å². The number of hydrogen-bond donors (Lipinski definition) is 3. The van der Waals surface area contributed by atoms with Crippen LogP contribution in [0.2, 0.25) is 0 Å². The summed E-state index contributed by atoms with van der Waals surface area (Å²) in [5.41, 5.74) is 2.67. The van der Waals surface area contributed by atoms with E-state index in [1.165, 1.54) is 17.5 Å². The van der Waals surface area contributed by atoms with Crippen molar-refractivity contribution in [2.24, 2.45) is 5.41 Å². The Bertz CT molecular complexity index is 820. The van der Waals surface area contributed by atoms with Crippen molar-refractivity contribution < 1.29 is 14.6 Å². The third-order valence-electron chi connectivity index (χ3n) is 7.28. The fourth-order valence-electron chi connectivity index (χ4n) is 6.47. The average molecular weight is 416 g/mol. The van der Waals surface area contributed by atoms with Gasteiger partial charge in [-0.25, -0.2) is 4.79 Å². The number of rotatable bonds is 6. The number of likely N-dealkylation sites (tertiary alicyclic amines) is 1. The van der Waals surface area contributed by atoms with E-state index in [0.717, 1.165) is 32.4 Å². The second-order valence-corrected chi connectivity index (χ2v) is 10.9. The first kappa shape index (κ1) is 21.4. The lowest BCUT2D eigenvalue weighted by Crippen LogP contribution is -2.66. The van der Waals surface area contributed by atoms with E-state index in [0.29, 0.717) is 29.8 Å². The Hall–Kier alpha value is -1.79. The van der Waals surface area contributed by atoms with E-state index in [2.05, 4.69) is 35.6 Å². The van der Waals surface area contributed by atoms with Crippen LogP contribution in [0.15, 0.2) is 18.2 Å². The molecule has 1 aromatic carbocycles. The van der Waals surface area contributed by atoms with E-state index in [-0.39, 0.29) is 11.5 Å². The molecule has 2 fully saturated rings. The quantitative estimate of drug-likeness (QED) is 0.623. The summed E-state index contributed by atoms with van der Waals surface area (Å²) in [4.78, 5) is 14.3. The molecule has 1 aromatic rings. The maximum Gasteiger partial charge on any atom is 0.407 e. The van der Waals surface area contributed by atoms with Gasteiger partial charge in [0.05, 0.1) is 0 Å². The first-order chi connectivity index (χ1) is 14.0. The van der Waals surface area contributed by atoms with Gasteiger partial charge in [0, 0.05) is 36.0 Å². The summed E-state index contributed by atoms with van der Waals surface area (Å²) < 4.78 is 5.28. The molecule has 1 saturated heterocycles. The number of nitrogens with one attached hydrogen (secondary N) is 2. The monoisotopic (exact) mass is 415 g/mol. The second-order valence-electron chi connectivity index (χ2n) is 10.9. The molecule has 4 rings (SSSR count). The number of phenolic OH excluding ortho intramolecular Hbond substituents is 1. The molecule has 166 valence electrons. The summed E-state index contributed by atoms with van der Waals surface area (Å²) in [5.74, 6) is 0.366. The maximum atomic E-state index is 11.8. The third kappa shape index (κ3) is 3.69. The minimum Gasteiger partial charge on any atom is -0.508 e. The summed E-state index contributed by atoms with van der Waals surface area (Å²) in [7, 11) is 2.24. The Labute approximate surface area is 180 Å². The Morgan fingerprint density at radius 3 is 2.73 bits per heavy atom. The van der Waals surface area contributed by atoms with Gasteiger partial charge in [0.15, 0.2) is 0 Å². The Balaban J connectivity index is 1.35. The fraction of sp³-hybridized carbons (Fsp3) is 0.708. The Morgan fingerprint density at radius 2 is 2.03 bits per heavy atom. The number of fused-ring (bicyclic) bond motifs is 3. The molecule has 1 aliphatic heterocycles. The van der Waals surface area contributed by atoms with E-state index >= 15 is 0 Å². The van der Waals surface area contributed by atoms with Gasteiger partial charge in [-0.3, -0.25) is 0 Å². The van der Waals surface area contributed by atoms with Crippen LogP contribution in [0.5, 0.6) is 5.75 Å². The number of amides is 1. The van der Waals surface area contributed by atoms with Crippen molar-refractivity contribution in [3.05, 3.63) is 29.3 Å². The molecule has 30 heavy (non-hydrogen) atoms. The van der Waals surface area contributed by atoms with Crippen molar-refractivity contribution in [2.75, 3.05) is 26.7 Å². The SMILES string of the molecule is CN1CC23Cc4ccc(O)cc4[C@@](C)(C2)[C@@H](NCCCCNC(=O)OC(C)(C)C)C13. The first-order valence-electron chi connectivity index (χ1n) is 11.3. The second kappa shape index (κ2) is 7.41. The van der Waals surface area contributed by atoms with E-state index in [1.807, 2.05) is 32.9 Å². The normalized spacial score (nSPS) is 32.2. The highest BCUT2D eigenvalue weighted by Gasteiger charge is 2.68. The molecular weight excluding hydrogens is 378 g/mol. The molecule has 0 aromatic heterocycles. The summed E-state index contributed by atoms with van der Waals surface area (Å²) in [6, 6.07) is 6.87. The molecular formula is C24H37N3O3. The smallest absolute Gasteiger partial charge is 0.407 e. The molecule has 0 radical (unpaired) electrons. The van der Waals surface area contributed by atoms with E-state index in [1.54, 1.807) is 0 Å². The van der Waals surface area contributed by atoms with Crippen molar-refractivity contribution >= 4 is 6.09 Å². The van der Waals surface area contributed by atoms with Gasteiger partial charge in [0.1, 0.15) is 11.4 Å². The van der Waals surface area contributed by atoms with Crippen LogP contribution in [0.3, 0.4) is 0 Å². The number of carbonyl (C=O) groups excluding carboxylic acids is 1. The molecule has 1 heterocycles. The number of likely N-dealkylation sites (N-methyl/N-ethyl adjacent to an activating group) is 1. The van der Waals surface area contributed by atoms with E-state index < -0.39 is 5.60 Å². The zero-order chi connectivity index (χ0) is 21.7. The highest BCUT2D eigenvalue weighted by molar-refractivity contribution is 5.67. The number of hydrogen-bond acceptors (Lipinski definition) is 5. The lowest BCUT2D eigenvalue weighted by molar-refractivity contribution is -0.0420. The van der Waals surface area contributed by atoms with Crippen LogP contribution < -0.4 is 10.6 Å². The first-order valence-corrected chi connectivity index (χ1v) is 11.3. The maximum absolute atomic E-state index is 11.8. The molecule has 4 atom stereocenters. The molecule has 3 aliphatic rings. The number of aromatic hydroxyl groups is 1. The van der Waals surface area contributed by atoms with Gasteiger partial charge in [-0.1, -0.05) is 13.0 Å². The molecule has 6 nitrogen and oxygen atoms in total. The number of phenols is 1. The number of carbonyl (C=O) groups is 1. The molecule has 1 saturated carbocycles. The lowest BCUT2D eigenvalue weighted by atomic mass is 9.63. The van der Waals surface area contributed by atoms with Gasteiger partial charge in [-0.05, 0) is 83.3 Å². The zero-order valence-corrected chi connectivity index (χ0v) is 19.0. The summed E-state index contributed by atoms with van der Waals surface area (Å²) in [6.07, 6.45) is 3.87. The van der Waals surface area contributed by atoms with Gasteiger partial charge in [0.25, 0.3) is 0 Å². The van der Waals surface area contributed by atoms with Crippen molar-refractivity contribution in [1.29, 1.82) is 0 Å². The van der Waals surface area contributed by atoms with Crippen molar-refractivity contribution in [3.8, 4) is 5.75 Å². The Kier molecular flexibility index (Phi) is 5.30. The fourth-order valence-corrected chi connectivity index (χ4v) is 6.47. The van der Waals surface area contributed by atoms with Crippen LogP contribution in [-0.2, 0) is 16.6 Å². The van der Waals surface area contributed by atoms with Crippen LogP contribution >= 0.6 is 0 Å². The van der Waals surface area contributed by atoms with Crippen LogP contribution in [0.25, 0.3) is 0 Å². The van der Waals surface area contributed by atoms with E-state index in [4.69, 9.17) is 4.74 Å². The van der Waals surface area contributed by atoms with Crippen molar-refractivity contribution in [2.45, 2.75) is 76.5 Å². The largest absolute Gasteiger partial charge is 0.508 e. The van der Waals surface area contributed by atoms with Crippen molar-refractivity contribution in [3.63, 3.8) is 0 Å². The Morgan fingerprint density at radius 1 is 1.30 bits per heavy atom. The predicted molar refractivity (Wildman–Crippen MR) is 118 cm³/mol. The van der Waals surface area contributed by atoms with Gasteiger partial charge in [-0.15, -0.1) is 0 Å². The number of ether oxygens (including phenoxy) is 1. The van der Waals surface area contributed by atoms with Crippen LogP contribution in [-0.4, -0.2) is 60.5 Å². The van der Waals surface area contributed by atoms with Gasteiger partial charge in [0.2, 0.25) is 0 Å².